The van der Waals surface area contributed by atoms with Gasteiger partial charge in [0, 0.05) is 0 Å². The van der Waals surface area contributed by atoms with Crippen molar-refractivity contribution >= 4 is 23.0 Å². The fourth-order valence-electron chi connectivity index (χ4n) is 1.97. The first-order valence-electron chi connectivity index (χ1n) is 6.99. The number of benzene rings is 1. The van der Waals surface area contributed by atoms with Gasteiger partial charge in [0.1, 0.15) is 11.6 Å². The van der Waals surface area contributed by atoms with E-state index in [0.717, 1.165) is 0 Å². The van der Waals surface area contributed by atoms with Gasteiger partial charge in [-0.2, -0.15) is 0 Å². The van der Waals surface area contributed by atoms with Crippen molar-refractivity contribution < 1.29 is 23.2 Å². The Morgan fingerprint density at radius 1 is 1.26 bits per heavy atom. The van der Waals surface area contributed by atoms with Crippen molar-refractivity contribution in [1.29, 1.82) is 0 Å². The highest BCUT2D eigenvalue weighted by Crippen LogP contribution is 2.15. The molecule has 3 rings (SSSR count). The first-order chi connectivity index (χ1) is 11.1. The van der Waals surface area contributed by atoms with Crippen LogP contribution in [-0.4, -0.2) is 22.9 Å². The van der Waals surface area contributed by atoms with Crippen LogP contribution in [0, 0.1) is 0 Å². The number of nitrogens with zero attached hydrogens (tertiary/aromatic N) is 1. The normalized spacial score (nSPS) is 12.0. The number of carbonyl (C=O) groups is 2. The molecule has 1 aromatic carbocycles. The third-order valence-corrected chi connectivity index (χ3v) is 3.12. The standard InChI is InChI=1S/C16H14N2O5/c1-10(17-15(19)13-7-4-8-21-13)16(20)22-9-14-18-11-5-2-3-6-12(11)23-14/h2-8,10H,9H2,1H3,(H,17,19)/t10-/m0/s1. The molecule has 0 saturated carbocycles. The monoisotopic (exact) mass is 314 g/mol. The highest BCUT2D eigenvalue weighted by Gasteiger charge is 2.20. The number of rotatable bonds is 5. The van der Waals surface area contributed by atoms with E-state index >= 15 is 0 Å². The van der Waals surface area contributed by atoms with Crippen LogP contribution >= 0.6 is 0 Å². The van der Waals surface area contributed by atoms with Gasteiger partial charge in [-0.05, 0) is 31.2 Å². The van der Waals surface area contributed by atoms with Crippen molar-refractivity contribution in [1.82, 2.24) is 10.3 Å². The first kappa shape index (κ1) is 14.8. The maximum atomic E-state index is 11.9. The summed E-state index contributed by atoms with van der Waals surface area (Å²) in [5.74, 6) is -0.652. The van der Waals surface area contributed by atoms with E-state index in [9.17, 15) is 9.59 Å². The molecular weight excluding hydrogens is 300 g/mol. The summed E-state index contributed by atoms with van der Waals surface area (Å²) in [6, 6.07) is 9.52. The second-order valence-corrected chi connectivity index (χ2v) is 4.86. The average molecular weight is 314 g/mol. The number of furan rings is 1. The molecule has 1 atom stereocenters. The van der Waals surface area contributed by atoms with Gasteiger partial charge >= 0.3 is 5.97 Å². The Morgan fingerprint density at radius 3 is 2.83 bits per heavy atom. The highest BCUT2D eigenvalue weighted by atomic mass is 16.5. The van der Waals surface area contributed by atoms with Gasteiger partial charge in [0.15, 0.2) is 18.0 Å². The Kier molecular flexibility index (Phi) is 4.09. The summed E-state index contributed by atoms with van der Waals surface area (Å²) in [6.45, 7) is 1.42. The summed E-state index contributed by atoms with van der Waals surface area (Å²) in [5, 5.41) is 2.49. The molecular formula is C16H14N2O5. The Balaban J connectivity index is 1.55. The molecule has 0 saturated heterocycles. The zero-order chi connectivity index (χ0) is 16.2. The van der Waals surface area contributed by atoms with Crippen LogP contribution in [0.25, 0.3) is 11.1 Å². The minimum absolute atomic E-state index is 0.103. The van der Waals surface area contributed by atoms with E-state index in [0.29, 0.717) is 17.0 Å². The molecule has 3 aromatic rings. The number of hydrogen-bond acceptors (Lipinski definition) is 6. The van der Waals surface area contributed by atoms with Gasteiger partial charge in [-0.3, -0.25) is 4.79 Å². The summed E-state index contributed by atoms with van der Waals surface area (Å²) >= 11 is 0. The third-order valence-electron chi connectivity index (χ3n) is 3.12. The minimum Gasteiger partial charge on any atom is -0.459 e. The van der Waals surface area contributed by atoms with Gasteiger partial charge in [0.05, 0.1) is 6.26 Å². The lowest BCUT2D eigenvalue weighted by Crippen LogP contribution is -2.39. The van der Waals surface area contributed by atoms with Crippen molar-refractivity contribution in [3.05, 3.63) is 54.3 Å². The Morgan fingerprint density at radius 2 is 2.09 bits per heavy atom. The number of oxazole rings is 1. The number of fused-ring (bicyclic) bond motifs is 1. The number of para-hydroxylation sites is 2. The van der Waals surface area contributed by atoms with Crippen molar-refractivity contribution in [2.75, 3.05) is 0 Å². The zero-order valence-corrected chi connectivity index (χ0v) is 12.3. The summed E-state index contributed by atoms with van der Waals surface area (Å²) < 4.78 is 15.5. The largest absolute Gasteiger partial charge is 0.459 e. The minimum atomic E-state index is -0.822. The molecule has 2 heterocycles. The van der Waals surface area contributed by atoms with Gasteiger partial charge in [0.2, 0.25) is 5.89 Å². The molecule has 0 aliphatic carbocycles. The van der Waals surface area contributed by atoms with Gasteiger partial charge in [-0.1, -0.05) is 12.1 Å². The van der Waals surface area contributed by atoms with Crippen molar-refractivity contribution in [3.63, 3.8) is 0 Å². The third kappa shape index (κ3) is 3.39. The van der Waals surface area contributed by atoms with Crippen molar-refractivity contribution in [2.45, 2.75) is 19.6 Å². The maximum absolute atomic E-state index is 11.9. The molecule has 0 unspecified atom stereocenters. The summed E-state index contributed by atoms with van der Waals surface area (Å²) in [6.07, 6.45) is 1.38. The van der Waals surface area contributed by atoms with E-state index in [1.165, 1.54) is 19.3 Å². The van der Waals surface area contributed by atoms with E-state index in [2.05, 4.69) is 10.3 Å². The molecule has 0 radical (unpaired) electrons. The van der Waals surface area contributed by atoms with Crippen LogP contribution in [0.5, 0.6) is 0 Å². The lowest BCUT2D eigenvalue weighted by Gasteiger charge is -2.11. The van der Waals surface area contributed by atoms with Crippen LogP contribution in [0.2, 0.25) is 0 Å². The number of hydrogen-bond donors (Lipinski definition) is 1. The summed E-state index contributed by atoms with van der Waals surface area (Å²) in [7, 11) is 0. The lowest BCUT2D eigenvalue weighted by atomic mass is 10.3. The zero-order valence-electron chi connectivity index (χ0n) is 12.3. The van der Waals surface area contributed by atoms with Crippen LogP contribution < -0.4 is 5.32 Å². The number of ether oxygens (including phenoxy) is 1. The maximum Gasteiger partial charge on any atom is 0.328 e. The second kappa shape index (κ2) is 6.35. The van der Waals surface area contributed by atoms with Gasteiger partial charge in [0.25, 0.3) is 5.91 Å². The SMILES string of the molecule is C[C@H](NC(=O)c1ccco1)C(=O)OCc1nc2ccccc2o1. The number of carbonyl (C=O) groups excluding carboxylic acids is 2. The molecule has 0 fully saturated rings. The van der Waals surface area contributed by atoms with E-state index in [1.54, 1.807) is 18.2 Å². The smallest absolute Gasteiger partial charge is 0.328 e. The van der Waals surface area contributed by atoms with Crippen molar-refractivity contribution in [2.24, 2.45) is 0 Å². The lowest BCUT2D eigenvalue weighted by molar-refractivity contribution is -0.147. The quantitative estimate of drug-likeness (QED) is 0.726. The molecule has 2 aromatic heterocycles. The molecule has 0 bridgehead atoms. The van der Waals surface area contributed by atoms with Crippen LogP contribution in [0.15, 0.2) is 51.5 Å². The predicted octanol–water partition coefficient (Wildman–Crippen LogP) is 2.28. The number of amides is 1. The number of nitrogens with one attached hydrogen (secondary N) is 1. The molecule has 0 spiro atoms. The van der Waals surface area contributed by atoms with E-state index in [-0.39, 0.29) is 12.4 Å². The summed E-state index contributed by atoms with van der Waals surface area (Å²) in [4.78, 5) is 27.9. The molecule has 0 aliphatic rings. The average Bonchev–Trinajstić information content (AvgIpc) is 3.21. The van der Waals surface area contributed by atoms with Crippen LogP contribution in [0.4, 0.5) is 0 Å². The van der Waals surface area contributed by atoms with E-state index < -0.39 is 17.9 Å². The molecule has 1 N–H and O–H groups in total. The Bertz CT molecular complexity index is 789. The Labute approximate surface area is 131 Å². The molecule has 7 nitrogen and oxygen atoms in total. The molecule has 0 aliphatic heterocycles. The van der Waals surface area contributed by atoms with Crippen LogP contribution in [0.3, 0.4) is 0 Å². The topological polar surface area (TPSA) is 94.6 Å². The van der Waals surface area contributed by atoms with Gasteiger partial charge in [-0.25, -0.2) is 9.78 Å². The number of aromatic nitrogens is 1. The Hall–Kier alpha value is -3.09. The molecule has 1 amide bonds. The first-order valence-corrected chi connectivity index (χ1v) is 6.99. The molecule has 23 heavy (non-hydrogen) atoms. The fraction of sp³-hybridized carbons (Fsp3) is 0.188. The van der Waals surface area contributed by atoms with Crippen molar-refractivity contribution in [3.8, 4) is 0 Å². The summed E-state index contributed by atoms with van der Waals surface area (Å²) in [5.41, 5.74) is 1.32. The van der Waals surface area contributed by atoms with Crippen LogP contribution in [0.1, 0.15) is 23.4 Å². The van der Waals surface area contributed by atoms with Gasteiger partial charge < -0.3 is 18.9 Å². The fourth-order valence-corrected chi connectivity index (χ4v) is 1.97. The number of esters is 1. The van der Waals surface area contributed by atoms with E-state index in [1.807, 2.05) is 12.1 Å². The highest BCUT2D eigenvalue weighted by molar-refractivity contribution is 5.94. The van der Waals surface area contributed by atoms with Gasteiger partial charge in [-0.15, -0.1) is 0 Å². The molecule has 118 valence electrons. The second-order valence-electron chi connectivity index (χ2n) is 4.86. The van der Waals surface area contributed by atoms with Crippen LogP contribution in [-0.2, 0) is 16.1 Å². The predicted molar refractivity (Wildman–Crippen MR) is 79.4 cm³/mol. The van der Waals surface area contributed by atoms with E-state index in [4.69, 9.17) is 13.6 Å². The molecule has 7 heteroatoms.